The number of carbonyl (C=O) groups excluding carboxylic acids is 1. The molecule has 6 nitrogen and oxygen atoms in total. The van der Waals surface area contributed by atoms with E-state index in [1.54, 1.807) is 30.7 Å². The van der Waals surface area contributed by atoms with Gasteiger partial charge in [-0.25, -0.2) is 9.97 Å². The molecule has 21 heavy (non-hydrogen) atoms. The summed E-state index contributed by atoms with van der Waals surface area (Å²) in [6.45, 7) is 0.301. The first-order valence-electron chi connectivity index (χ1n) is 6.20. The Hall–Kier alpha value is -2.41. The maximum absolute atomic E-state index is 11.7. The number of hydrogen-bond acceptors (Lipinski definition) is 4. The van der Waals surface area contributed by atoms with E-state index in [1.807, 2.05) is 6.07 Å². The molecular weight excluding hydrogens is 336 g/mol. The topological polar surface area (TPSA) is 83.8 Å². The number of imidazole rings is 1. The van der Waals surface area contributed by atoms with E-state index >= 15 is 0 Å². The van der Waals surface area contributed by atoms with Crippen molar-refractivity contribution in [3.8, 4) is 0 Å². The number of fused-ring (bicyclic) bond motifs is 1. The van der Waals surface area contributed by atoms with Crippen LogP contribution in [0.4, 0.5) is 0 Å². The molecule has 3 aromatic heterocycles. The van der Waals surface area contributed by atoms with E-state index in [0.717, 1.165) is 9.99 Å². The van der Waals surface area contributed by atoms with Crippen molar-refractivity contribution >= 4 is 39.1 Å². The molecule has 7 heteroatoms. The second-order valence-corrected chi connectivity index (χ2v) is 5.19. The molecule has 106 valence electrons. The molecule has 0 aliphatic carbocycles. The van der Waals surface area contributed by atoms with Gasteiger partial charge in [-0.2, -0.15) is 0 Å². The van der Waals surface area contributed by atoms with E-state index in [1.165, 1.54) is 6.08 Å². The average molecular weight is 347 g/mol. The fourth-order valence-corrected chi connectivity index (χ4v) is 2.11. The Bertz CT molecular complexity index is 793. The summed E-state index contributed by atoms with van der Waals surface area (Å²) in [6.07, 6.45) is 6.25. The van der Waals surface area contributed by atoms with Crippen molar-refractivity contribution in [2.24, 2.45) is 0 Å². The zero-order valence-corrected chi connectivity index (χ0v) is 12.4. The van der Waals surface area contributed by atoms with Crippen molar-refractivity contribution in [2.75, 3.05) is 0 Å². The molecule has 3 rings (SSSR count). The molecule has 0 spiro atoms. The molecule has 0 radical (unpaired) electrons. The highest BCUT2D eigenvalue weighted by molar-refractivity contribution is 9.10. The molecule has 0 fully saturated rings. The lowest BCUT2D eigenvalue weighted by Crippen LogP contribution is -2.20. The Morgan fingerprint density at radius 1 is 1.52 bits per heavy atom. The van der Waals surface area contributed by atoms with Gasteiger partial charge in [0.1, 0.15) is 11.6 Å². The number of rotatable bonds is 4. The highest BCUT2D eigenvalue weighted by Gasteiger charge is 2.05. The minimum absolute atomic E-state index is 0.221. The molecule has 0 saturated heterocycles. The van der Waals surface area contributed by atoms with Crippen LogP contribution in [0.15, 0.2) is 45.6 Å². The largest absolute Gasteiger partial charge is 0.465 e. The Morgan fingerprint density at radius 3 is 3.24 bits per heavy atom. The number of pyridine rings is 1. The number of carbonyl (C=O) groups is 1. The number of aromatic amines is 1. The van der Waals surface area contributed by atoms with Crippen LogP contribution in [0.3, 0.4) is 0 Å². The third kappa shape index (κ3) is 3.38. The van der Waals surface area contributed by atoms with Crippen LogP contribution in [-0.2, 0) is 11.3 Å². The zero-order chi connectivity index (χ0) is 14.7. The van der Waals surface area contributed by atoms with Gasteiger partial charge in [0.15, 0.2) is 5.65 Å². The van der Waals surface area contributed by atoms with Crippen LogP contribution in [0, 0.1) is 0 Å². The van der Waals surface area contributed by atoms with Gasteiger partial charge in [0, 0.05) is 16.7 Å². The molecule has 0 atom stereocenters. The molecule has 0 aliphatic rings. The normalized spacial score (nSPS) is 11.3. The van der Waals surface area contributed by atoms with E-state index in [4.69, 9.17) is 4.42 Å². The van der Waals surface area contributed by atoms with E-state index in [-0.39, 0.29) is 5.91 Å². The van der Waals surface area contributed by atoms with Crippen LogP contribution in [-0.4, -0.2) is 20.9 Å². The lowest BCUT2D eigenvalue weighted by atomic mass is 10.4. The van der Waals surface area contributed by atoms with Crippen LogP contribution in [0.5, 0.6) is 0 Å². The van der Waals surface area contributed by atoms with Gasteiger partial charge in [-0.15, -0.1) is 0 Å². The van der Waals surface area contributed by atoms with Gasteiger partial charge in [0.05, 0.1) is 18.3 Å². The van der Waals surface area contributed by atoms with E-state index in [2.05, 4.69) is 36.2 Å². The zero-order valence-electron chi connectivity index (χ0n) is 10.8. The fourth-order valence-electron chi connectivity index (χ4n) is 1.78. The second kappa shape index (κ2) is 5.92. The van der Waals surface area contributed by atoms with Crippen LogP contribution in [0.2, 0.25) is 0 Å². The number of H-pyrrole nitrogens is 1. The lowest BCUT2D eigenvalue weighted by molar-refractivity contribution is -0.116. The number of furan rings is 1. The summed E-state index contributed by atoms with van der Waals surface area (Å²) < 4.78 is 5.97. The number of halogens is 1. The van der Waals surface area contributed by atoms with Crippen molar-refractivity contribution in [1.29, 1.82) is 0 Å². The van der Waals surface area contributed by atoms with Gasteiger partial charge in [-0.05, 0) is 40.2 Å². The van der Waals surface area contributed by atoms with Crippen LogP contribution in [0.25, 0.3) is 17.2 Å². The predicted molar refractivity (Wildman–Crippen MR) is 81.2 cm³/mol. The number of amides is 1. The molecule has 0 saturated carbocycles. The average Bonchev–Trinajstić information content (AvgIpc) is 3.11. The highest BCUT2D eigenvalue weighted by atomic mass is 79.9. The predicted octanol–water partition coefficient (Wildman–Crippen LogP) is 2.64. The van der Waals surface area contributed by atoms with Gasteiger partial charge in [0.25, 0.3) is 0 Å². The summed E-state index contributed by atoms with van der Waals surface area (Å²) in [5.41, 5.74) is 1.44. The Kier molecular flexibility index (Phi) is 3.83. The summed E-state index contributed by atoms with van der Waals surface area (Å²) in [5.74, 6) is 1.05. The SMILES string of the molecule is O=C(C=Cc1ccco1)NCc1nc2ncc(Br)cc2[nH]1. The van der Waals surface area contributed by atoms with Crippen molar-refractivity contribution < 1.29 is 9.21 Å². The van der Waals surface area contributed by atoms with Gasteiger partial charge in [-0.3, -0.25) is 4.79 Å². The van der Waals surface area contributed by atoms with Crippen LogP contribution >= 0.6 is 15.9 Å². The van der Waals surface area contributed by atoms with Crippen molar-refractivity contribution in [3.63, 3.8) is 0 Å². The third-order valence-electron chi connectivity index (χ3n) is 2.73. The first kappa shape index (κ1) is 13.6. The molecule has 0 aliphatic heterocycles. The summed E-state index contributed by atoms with van der Waals surface area (Å²) in [5, 5.41) is 2.74. The van der Waals surface area contributed by atoms with E-state index < -0.39 is 0 Å². The first-order chi connectivity index (χ1) is 10.2. The minimum atomic E-state index is -0.221. The van der Waals surface area contributed by atoms with Gasteiger partial charge >= 0.3 is 0 Å². The van der Waals surface area contributed by atoms with E-state index in [9.17, 15) is 4.79 Å². The van der Waals surface area contributed by atoms with Crippen molar-refractivity contribution in [2.45, 2.75) is 6.54 Å². The molecule has 2 N–H and O–H groups in total. The van der Waals surface area contributed by atoms with Gasteiger partial charge in [-0.1, -0.05) is 0 Å². The number of aromatic nitrogens is 3. The van der Waals surface area contributed by atoms with Crippen LogP contribution < -0.4 is 5.32 Å². The van der Waals surface area contributed by atoms with Crippen LogP contribution in [0.1, 0.15) is 11.6 Å². The fraction of sp³-hybridized carbons (Fsp3) is 0.0714. The summed E-state index contributed by atoms with van der Waals surface area (Å²) >= 11 is 3.35. The van der Waals surface area contributed by atoms with Gasteiger partial charge in [0.2, 0.25) is 5.91 Å². The van der Waals surface area contributed by atoms with E-state index in [0.29, 0.717) is 23.8 Å². The van der Waals surface area contributed by atoms with Crippen molar-refractivity contribution in [1.82, 2.24) is 20.3 Å². The Balaban J connectivity index is 1.62. The maximum atomic E-state index is 11.7. The molecular formula is C14H11BrN4O2. The Labute approximate surface area is 128 Å². The number of nitrogens with one attached hydrogen (secondary N) is 2. The molecule has 0 unspecified atom stereocenters. The first-order valence-corrected chi connectivity index (χ1v) is 6.99. The minimum Gasteiger partial charge on any atom is -0.465 e. The number of nitrogens with zero attached hydrogens (tertiary/aromatic N) is 2. The monoisotopic (exact) mass is 346 g/mol. The molecule has 0 aromatic carbocycles. The molecule has 3 aromatic rings. The lowest BCUT2D eigenvalue weighted by Gasteiger charge is -1.97. The standard InChI is InChI=1S/C14H11BrN4O2/c15-9-6-11-14(17-7-9)19-12(18-11)8-16-13(20)4-3-10-2-1-5-21-10/h1-7H,8H2,(H,16,20)(H,17,18,19). The maximum Gasteiger partial charge on any atom is 0.244 e. The van der Waals surface area contributed by atoms with Gasteiger partial charge < -0.3 is 14.7 Å². The number of hydrogen-bond donors (Lipinski definition) is 2. The quantitative estimate of drug-likeness (QED) is 0.711. The molecule has 3 heterocycles. The molecule has 1 amide bonds. The Morgan fingerprint density at radius 2 is 2.43 bits per heavy atom. The second-order valence-electron chi connectivity index (χ2n) is 4.27. The third-order valence-corrected chi connectivity index (χ3v) is 3.16. The smallest absolute Gasteiger partial charge is 0.244 e. The summed E-state index contributed by atoms with van der Waals surface area (Å²) in [7, 11) is 0. The summed E-state index contributed by atoms with van der Waals surface area (Å²) in [4.78, 5) is 23.2. The molecule has 0 bridgehead atoms. The van der Waals surface area contributed by atoms with Crippen molar-refractivity contribution in [3.05, 3.63) is 52.8 Å². The summed E-state index contributed by atoms with van der Waals surface area (Å²) in [6, 6.07) is 5.42. The highest BCUT2D eigenvalue weighted by Crippen LogP contribution is 2.14.